The summed E-state index contributed by atoms with van der Waals surface area (Å²) in [6.07, 6.45) is 0.480. The van der Waals surface area contributed by atoms with E-state index in [0.29, 0.717) is 6.42 Å². The maximum atomic E-state index is 12.1. The Bertz CT molecular complexity index is 887. The molecule has 144 valence electrons. The molecule has 0 aliphatic rings. The van der Waals surface area contributed by atoms with Crippen LogP contribution in [0.15, 0.2) is 88.7 Å². The third-order valence-electron chi connectivity index (χ3n) is 3.84. The Morgan fingerprint density at radius 2 is 1.68 bits per heavy atom. The summed E-state index contributed by atoms with van der Waals surface area (Å²) in [6.45, 7) is 0. The van der Waals surface area contributed by atoms with E-state index in [1.807, 2.05) is 66.7 Å². The third kappa shape index (κ3) is 6.55. The van der Waals surface area contributed by atoms with Crippen LogP contribution in [0.2, 0.25) is 0 Å². The van der Waals surface area contributed by atoms with E-state index < -0.39 is 0 Å². The molecule has 0 saturated carbocycles. The molecule has 2 N–H and O–H groups in total. The van der Waals surface area contributed by atoms with E-state index in [2.05, 4.69) is 22.2 Å². The molecule has 0 radical (unpaired) electrons. The normalized spacial score (nSPS) is 10.3. The molecule has 0 unspecified atom stereocenters. The molecule has 28 heavy (non-hydrogen) atoms. The van der Waals surface area contributed by atoms with Gasteiger partial charge in [-0.2, -0.15) is 0 Å². The zero-order chi connectivity index (χ0) is 19.6. The highest BCUT2D eigenvalue weighted by molar-refractivity contribution is 8.00. The first kappa shape index (κ1) is 20.2. The molecule has 3 aromatic carbocycles. The molecule has 0 heterocycles. The average molecular weight is 411 g/mol. The number of benzene rings is 3. The number of thioether (sulfide) groups is 1. The summed E-state index contributed by atoms with van der Waals surface area (Å²) < 4.78 is 8.51. The Kier molecular flexibility index (Phi) is 7.70. The van der Waals surface area contributed by atoms with Crippen LogP contribution in [-0.2, 0) is 4.79 Å². The summed E-state index contributed by atoms with van der Waals surface area (Å²) in [6, 6.07) is 25.7. The number of rotatable bonds is 9. The van der Waals surface area contributed by atoms with Crippen LogP contribution >= 0.6 is 23.7 Å². The Hall–Kier alpha value is -2.57. The highest BCUT2D eigenvalue weighted by Gasteiger charge is 2.04. The number of methoxy groups -OCH3 is 1. The molecule has 0 saturated heterocycles. The lowest BCUT2D eigenvalue weighted by Gasteiger charge is -2.09. The van der Waals surface area contributed by atoms with Crippen molar-refractivity contribution in [2.75, 3.05) is 22.9 Å². The second-order valence-corrected chi connectivity index (χ2v) is 7.97. The van der Waals surface area contributed by atoms with E-state index in [0.717, 1.165) is 27.8 Å². The summed E-state index contributed by atoms with van der Waals surface area (Å²) in [7, 11) is 1.65. The topological polar surface area (TPSA) is 50.4 Å². The van der Waals surface area contributed by atoms with Crippen LogP contribution in [0.4, 0.5) is 11.4 Å². The summed E-state index contributed by atoms with van der Waals surface area (Å²) in [5.74, 6) is 1.60. The van der Waals surface area contributed by atoms with E-state index in [9.17, 15) is 4.79 Å². The van der Waals surface area contributed by atoms with Gasteiger partial charge in [0.15, 0.2) is 0 Å². The molecule has 3 aromatic rings. The Balaban J connectivity index is 1.42. The number of amides is 1. The van der Waals surface area contributed by atoms with Crippen molar-refractivity contribution < 1.29 is 9.53 Å². The average Bonchev–Trinajstić information content (AvgIpc) is 2.74. The first-order valence-corrected chi connectivity index (χ1v) is 10.7. The molecule has 0 aromatic heterocycles. The van der Waals surface area contributed by atoms with Crippen molar-refractivity contribution in [2.45, 2.75) is 16.2 Å². The lowest BCUT2D eigenvalue weighted by atomic mass is 10.3. The molecule has 6 heteroatoms. The van der Waals surface area contributed by atoms with Gasteiger partial charge in [0.1, 0.15) is 5.75 Å². The van der Waals surface area contributed by atoms with Crippen molar-refractivity contribution in [3.63, 3.8) is 0 Å². The molecule has 0 spiro atoms. The predicted molar refractivity (Wildman–Crippen MR) is 119 cm³/mol. The van der Waals surface area contributed by atoms with Gasteiger partial charge in [0.2, 0.25) is 5.91 Å². The van der Waals surface area contributed by atoms with Gasteiger partial charge in [-0.3, -0.25) is 4.79 Å². The molecule has 4 nitrogen and oxygen atoms in total. The number of nitrogens with one attached hydrogen (secondary N) is 2. The Morgan fingerprint density at radius 3 is 2.43 bits per heavy atom. The van der Waals surface area contributed by atoms with Crippen LogP contribution in [-0.4, -0.2) is 18.8 Å². The van der Waals surface area contributed by atoms with Crippen molar-refractivity contribution in [3.8, 4) is 5.75 Å². The number of carbonyl (C=O) groups excluding carboxylic acids is 1. The first-order valence-electron chi connectivity index (χ1n) is 8.87. The van der Waals surface area contributed by atoms with Crippen molar-refractivity contribution in [1.82, 2.24) is 0 Å². The fourth-order valence-corrected chi connectivity index (χ4v) is 3.92. The minimum Gasteiger partial charge on any atom is -0.497 e. The van der Waals surface area contributed by atoms with Crippen LogP contribution in [0.1, 0.15) is 6.42 Å². The summed E-state index contributed by atoms with van der Waals surface area (Å²) >= 11 is 3.20. The van der Waals surface area contributed by atoms with Crippen molar-refractivity contribution in [2.24, 2.45) is 0 Å². The van der Waals surface area contributed by atoms with Gasteiger partial charge in [0, 0.05) is 39.4 Å². The molecule has 0 bridgehead atoms. The SMILES string of the molecule is COc1cccc(NSc2ccc(NC(=O)CCSc3ccccc3)cc2)c1. The number of carbonyl (C=O) groups is 1. The second-order valence-electron chi connectivity index (χ2n) is 5.92. The van der Waals surface area contributed by atoms with Gasteiger partial charge >= 0.3 is 0 Å². The predicted octanol–water partition coefficient (Wildman–Crippen LogP) is 5.94. The Labute approximate surface area is 174 Å². The quantitative estimate of drug-likeness (QED) is 0.338. The molecular weight excluding hydrogens is 388 g/mol. The molecule has 1 amide bonds. The maximum Gasteiger partial charge on any atom is 0.225 e. The summed E-state index contributed by atoms with van der Waals surface area (Å²) in [5, 5.41) is 2.95. The van der Waals surface area contributed by atoms with Gasteiger partial charge in [0.25, 0.3) is 0 Å². The summed E-state index contributed by atoms with van der Waals surface area (Å²) in [4.78, 5) is 14.3. The van der Waals surface area contributed by atoms with E-state index in [-0.39, 0.29) is 5.91 Å². The molecule has 0 aliphatic carbocycles. The number of anilines is 2. The van der Waals surface area contributed by atoms with E-state index in [1.165, 1.54) is 16.8 Å². The van der Waals surface area contributed by atoms with Crippen molar-refractivity contribution >= 4 is 41.0 Å². The smallest absolute Gasteiger partial charge is 0.225 e. The van der Waals surface area contributed by atoms with Crippen LogP contribution in [0.5, 0.6) is 5.75 Å². The van der Waals surface area contributed by atoms with Crippen molar-refractivity contribution in [1.29, 1.82) is 0 Å². The van der Waals surface area contributed by atoms with Crippen LogP contribution in [0.3, 0.4) is 0 Å². The first-order chi connectivity index (χ1) is 13.7. The maximum absolute atomic E-state index is 12.1. The van der Waals surface area contributed by atoms with Gasteiger partial charge < -0.3 is 14.8 Å². The van der Waals surface area contributed by atoms with Gasteiger partial charge in [-0.05, 0) is 60.5 Å². The van der Waals surface area contributed by atoms with Crippen LogP contribution < -0.4 is 14.8 Å². The highest BCUT2D eigenvalue weighted by Crippen LogP contribution is 2.25. The second kappa shape index (κ2) is 10.7. The molecule has 0 fully saturated rings. The largest absolute Gasteiger partial charge is 0.497 e. The lowest BCUT2D eigenvalue weighted by Crippen LogP contribution is -2.12. The van der Waals surface area contributed by atoms with Crippen molar-refractivity contribution in [3.05, 3.63) is 78.9 Å². The third-order valence-corrected chi connectivity index (χ3v) is 5.69. The van der Waals surface area contributed by atoms with E-state index in [4.69, 9.17) is 4.74 Å². The zero-order valence-corrected chi connectivity index (χ0v) is 17.2. The van der Waals surface area contributed by atoms with Gasteiger partial charge in [-0.1, -0.05) is 24.3 Å². The van der Waals surface area contributed by atoms with E-state index in [1.54, 1.807) is 18.9 Å². The van der Waals surface area contributed by atoms with E-state index >= 15 is 0 Å². The number of hydrogen-bond acceptors (Lipinski definition) is 5. The minimum atomic E-state index is 0.0262. The Morgan fingerprint density at radius 1 is 0.893 bits per heavy atom. The number of hydrogen-bond donors (Lipinski definition) is 2. The number of ether oxygens (including phenoxy) is 1. The molecular formula is C22H22N2O2S2. The lowest BCUT2D eigenvalue weighted by molar-refractivity contribution is -0.115. The zero-order valence-electron chi connectivity index (χ0n) is 15.6. The standard InChI is InChI=1S/C22H22N2O2S2/c1-26-19-7-5-6-18(16-19)24-28-21-12-10-17(11-13-21)23-22(25)14-15-27-20-8-3-2-4-9-20/h2-13,16,24H,14-15H2,1H3,(H,23,25). The molecule has 0 aliphatic heterocycles. The monoisotopic (exact) mass is 410 g/mol. The van der Waals surface area contributed by atoms with Crippen LogP contribution in [0, 0.1) is 0 Å². The fraction of sp³-hybridized carbons (Fsp3) is 0.136. The molecule has 0 atom stereocenters. The van der Waals surface area contributed by atoms with Gasteiger partial charge in [-0.25, -0.2) is 0 Å². The van der Waals surface area contributed by atoms with Gasteiger partial charge in [-0.15, -0.1) is 11.8 Å². The van der Waals surface area contributed by atoms with Crippen LogP contribution in [0.25, 0.3) is 0 Å². The minimum absolute atomic E-state index is 0.0262. The molecule has 3 rings (SSSR count). The summed E-state index contributed by atoms with van der Waals surface area (Å²) in [5.41, 5.74) is 1.78. The fourth-order valence-electron chi connectivity index (χ4n) is 2.41. The highest BCUT2D eigenvalue weighted by atomic mass is 32.2. The van der Waals surface area contributed by atoms with Gasteiger partial charge in [0.05, 0.1) is 7.11 Å².